The van der Waals surface area contributed by atoms with Crippen molar-refractivity contribution in [2.24, 2.45) is 0 Å². The first-order chi connectivity index (χ1) is 11.1. The quantitative estimate of drug-likeness (QED) is 0.757. The molecule has 1 aromatic carbocycles. The molecule has 0 aromatic heterocycles. The molecule has 0 unspecified atom stereocenters. The van der Waals surface area contributed by atoms with E-state index >= 15 is 0 Å². The molecule has 1 aliphatic rings. The highest BCUT2D eigenvalue weighted by Gasteiger charge is 2.28. The molecule has 2 rings (SSSR count). The van der Waals surface area contributed by atoms with E-state index < -0.39 is 0 Å². The lowest BCUT2D eigenvalue weighted by molar-refractivity contribution is -0.137. The molecule has 0 radical (unpaired) electrons. The highest BCUT2D eigenvalue weighted by Crippen LogP contribution is 2.12. The minimum Gasteiger partial charge on any atom is -0.339 e. The summed E-state index contributed by atoms with van der Waals surface area (Å²) >= 11 is 1.88. The molecule has 1 aliphatic heterocycles. The second-order valence-corrected chi connectivity index (χ2v) is 7.31. The Kier molecular flexibility index (Phi) is 7.40. The van der Waals surface area contributed by atoms with Crippen molar-refractivity contribution in [1.82, 2.24) is 14.7 Å². The van der Waals surface area contributed by atoms with Crippen molar-refractivity contribution in [3.8, 4) is 0 Å². The number of thioether (sulfide) groups is 1. The second kappa shape index (κ2) is 9.30. The van der Waals surface area contributed by atoms with E-state index in [1.54, 1.807) is 0 Å². The summed E-state index contributed by atoms with van der Waals surface area (Å²) < 4.78 is 0. The van der Waals surface area contributed by atoms with E-state index in [9.17, 15) is 4.79 Å². The first-order valence-electron chi connectivity index (χ1n) is 8.32. The van der Waals surface area contributed by atoms with Gasteiger partial charge in [-0.25, -0.2) is 0 Å². The van der Waals surface area contributed by atoms with E-state index in [2.05, 4.69) is 28.2 Å². The van der Waals surface area contributed by atoms with Gasteiger partial charge in [0.05, 0.1) is 6.04 Å². The molecule has 1 atom stereocenters. The number of likely N-dealkylation sites (N-methyl/N-ethyl adjacent to an activating group) is 1. The standard InChI is InChI=1S/C18H29N3OS/c1-19(2)17(15-16-7-5-4-6-8-16)18(22)21-11-9-20(10-12-21)13-14-23-3/h4-8,17H,9-15H2,1-3H3/t17-/m0/s1. The van der Waals surface area contributed by atoms with Gasteiger partial charge < -0.3 is 4.90 Å². The Morgan fingerprint density at radius 1 is 1.17 bits per heavy atom. The van der Waals surface area contributed by atoms with Crippen molar-refractivity contribution >= 4 is 17.7 Å². The third-order valence-corrected chi connectivity index (χ3v) is 5.07. The predicted octanol–water partition coefficient (Wildman–Crippen LogP) is 1.67. The Labute approximate surface area is 144 Å². The van der Waals surface area contributed by atoms with Crippen LogP contribution in [0.25, 0.3) is 0 Å². The van der Waals surface area contributed by atoms with Gasteiger partial charge in [-0.3, -0.25) is 14.6 Å². The molecule has 0 N–H and O–H groups in total. The first kappa shape index (κ1) is 18.3. The summed E-state index contributed by atoms with van der Waals surface area (Å²) in [5.41, 5.74) is 1.22. The maximum absolute atomic E-state index is 12.9. The van der Waals surface area contributed by atoms with Crippen molar-refractivity contribution < 1.29 is 4.79 Å². The average molecular weight is 336 g/mol. The van der Waals surface area contributed by atoms with Gasteiger partial charge in [-0.15, -0.1) is 0 Å². The highest BCUT2D eigenvalue weighted by molar-refractivity contribution is 7.98. The normalized spacial score (nSPS) is 17.5. The third kappa shape index (κ3) is 5.52. The number of carbonyl (C=O) groups is 1. The van der Waals surface area contributed by atoms with Gasteiger partial charge in [0.2, 0.25) is 5.91 Å². The lowest BCUT2D eigenvalue weighted by atomic mass is 10.0. The fourth-order valence-electron chi connectivity index (χ4n) is 2.95. The number of piperazine rings is 1. The molecule has 1 amide bonds. The average Bonchev–Trinajstić information content (AvgIpc) is 2.58. The van der Waals surface area contributed by atoms with Gasteiger partial charge in [0, 0.05) is 38.5 Å². The van der Waals surface area contributed by atoms with Crippen LogP contribution in [0.15, 0.2) is 30.3 Å². The van der Waals surface area contributed by atoms with E-state index in [4.69, 9.17) is 0 Å². The van der Waals surface area contributed by atoms with Gasteiger partial charge >= 0.3 is 0 Å². The molecular weight excluding hydrogens is 306 g/mol. The molecule has 128 valence electrons. The molecule has 1 heterocycles. The Morgan fingerprint density at radius 2 is 1.83 bits per heavy atom. The molecular formula is C18H29N3OS. The second-order valence-electron chi connectivity index (χ2n) is 6.33. The zero-order chi connectivity index (χ0) is 16.7. The van der Waals surface area contributed by atoms with E-state index in [1.165, 1.54) is 11.3 Å². The van der Waals surface area contributed by atoms with E-state index in [0.717, 1.165) is 39.1 Å². The molecule has 0 saturated carbocycles. The number of carbonyl (C=O) groups excluding carboxylic acids is 1. The van der Waals surface area contributed by atoms with E-state index in [1.807, 2.05) is 49.0 Å². The predicted molar refractivity (Wildman–Crippen MR) is 99.0 cm³/mol. The molecule has 0 bridgehead atoms. The fourth-order valence-corrected chi connectivity index (χ4v) is 3.39. The summed E-state index contributed by atoms with van der Waals surface area (Å²) in [7, 11) is 4.00. The van der Waals surface area contributed by atoms with Crippen molar-refractivity contribution in [3.05, 3.63) is 35.9 Å². The van der Waals surface area contributed by atoms with Crippen LogP contribution in [0.1, 0.15) is 5.56 Å². The van der Waals surface area contributed by atoms with Crippen molar-refractivity contribution in [2.75, 3.05) is 58.8 Å². The number of rotatable bonds is 7. The number of nitrogens with zero attached hydrogens (tertiary/aromatic N) is 3. The van der Waals surface area contributed by atoms with Crippen LogP contribution in [0, 0.1) is 0 Å². The Bertz CT molecular complexity index is 472. The molecule has 1 saturated heterocycles. The zero-order valence-electron chi connectivity index (χ0n) is 14.6. The van der Waals surface area contributed by atoms with Crippen molar-refractivity contribution in [1.29, 1.82) is 0 Å². The van der Waals surface area contributed by atoms with Gasteiger partial charge in [-0.2, -0.15) is 11.8 Å². The van der Waals surface area contributed by atoms with Crippen LogP contribution >= 0.6 is 11.8 Å². The zero-order valence-corrected chi connectivity index (χ0v) is 15.4. The van der Waals surface area contributed by atoms with Crippen LogP contribution in [-0.4, -0.2) is 85.5 Å². The molecule has 23 heavy (non-hydrogen) atoms. The van der Waals surface area contributed by atoms with Gasteiger partial charge in [-0.05, 0) is 32.3 Å². The smallest absolute Gasteiger partial charge is 0.240 e. The summed E-state index contributed by atoms with van der Waals surface area (Å²) in [6.45, 7) is 4.83. The molecule has 0 spiro atoms. The Hall–Kier alpha value is -1.04. The first-order valence-corrected chi connectivity index (χ1v) is 9.71. The van der Waals surface area contributed by atoms with Crippen LogP contribution < -0.4 is 0 Å². The van der Waals surface area contributed by atoms with E-state index in [0.29, 0.717) is 0 Å². The van der Waals surface area contributed by atoms with Crippen LogP contribution in [0.3, 0.4) is 0 Å². The number of hydrogen-bond acceptors (Lipinski definition) is 4. The summed E-state index contributed by atoms with van der Waals surface area (Å²) in [5.74, 6) is 1.44. The largest absolute Gasteiger partial charge is 0.339 e. The van der Waals surface area contributed by atoms with Crippen molar-refractivity contribution in [2.45, 2.75) is 12.5 Å². The fraction of sp³-hybridized carbons (Fsp3) is 0.611. The van der Waals surface area contributed by atoms with E-state index in [-0.39, 0.29) is 11.9 Å². The molecule has 1 fully saturated rings. The molecule has 1 aromatic rings. The summed E-state index contributed by atoms with van der Waals surface area (Å²) in [6, 6.07) is 10.2. The number of amides is 1. The SMILES string of the molecule is CSCCN1CCN(C(=O)[C@H](Cc2ccccc2)N(C)C)CC1. The van der Waals surface area contributed by atoms with Gasteiger partial charge in [-0.1, -0.05) is 30.3 Å². The van der Waals surface area contributed by atoms with Crippen LogP contribution in [0.4, 0.5) is 0 Å². The summed E-state index contributed by atoms with van der Waals surface area (Å²) in [4.78, 5) is 19.5. The molecule has 0 aliphatic carbocycles. The lowest BCUT2D eigenvalue weighted by Gasteiger charge is -2.37. The van der Waals surface area contributed by atoms with Gasteiger partial charge in [0.15, 0.2) is 0 Å². The maximum Gasteiger partial charge on any atom is 0.240 e. The van der Waals surface area contributed by atoms with Crippen LogP contribution in [0.2, 0.25) is 0 Å². The Morgan fingerprint density at radius 3 is 2.39 bits per heavy atom. The lowest BCUT2D eigenvalue weighted by Crippen LogP contribution is -2.54. The summed E-state index contributed by atoms with van der Waals surface area (Å²) in [5, 5.41) is 0. The molecule has 4 nitrogen and oxygen atoms in total. The van der Waals surface area contributed by atoms with Crippen molar-refractivity contribution in [3.63, 3.8) is 0 Å². The van der Waals surface area contributed by atoms with Crippen LogP contribution in [0.5, 0.6) is 0 Å². The van der Waals surface area contributed by atoms with Gasteiger partial charge in [0.1, 0.15) is 0 Å². The Balaban J connectivity index is 1.91. The monoisotopic (exact) mass is 335 g/mol. The topological polar surface area (TPSA) is 26.8 Å². The minimum atomic E-state index is -0.0739. The third-order valence-electron chi connectivity index (χ3n) is 4.48. The number of hydrogen-bond donors (Lipinski definition) is 0. The number of benzene rings is 1. The highest BCUT2D eigenvalue weighted by atomic mass is 32.2. The minimum absolute atomic E-state index is 0.0739. The van der Waals surface area contributed by atoms with Gasteiger partial charge in [0.25, 0.3) is 0 Å². The summed E-state index contributed by atoms with van der Waals surface area (Å²) in [6.07, 6.45) is 2.92. The maximum atomic E-state index is 12.9. The molecule has 5 heteroatoms. The van der Waals surface area contributed by atoms with Crippen LogP contribution in [-0.2, 0) is 11.2 Å².